The molecule has 0 spiro atoms. The lowest BCUT2D eigenvalue weighted by Gasteiger charge is -2.06. The highest BCUT2D eigenvalue weighted by atomic mass is 16.4. The van der Waals surface area contributed by atoms with E-state index in [1.807, 2.05) is 41.5 Å². The third-order valence-electron chi connectivity index (χ3n) is 3.91. The van der Waals surface area contributed by atoms with Gasteiger partial charge >= 0.3 is 11.9 Å². The summed E-state index contributed by atoms with van der Waals surface area (Å²) in [6, 6.07) is 0. The summed E-state index contributed by atoms with van der Waals surface area (Å²) in [5.74, 6) is -2.98. The first-order valence-corrected chi connectivity index (χ1v) is 11.5. The van der Waals surface area contributed by atoms with E-state index in [4.69, 9.17) is 20.4 Å². The Morgan fingerprint density at radius 2 is 0.812 bits per heavy atom. The number of aliphatic hydroxyl groups excluding tert-OH is 2. The molecule has 0 aliphatic carbocycles. The van der Waals surface area contributed by atoms with Crippen LogP contribution in [0.4, 0.5) is 0 Å². The van der Waals surface area contributed by atoms with Crippen molar-refractivity contribution < 1.29 is 39.6 Å². The Morgan fingerprint density at radius 1 is 0.594 bits per heavy atom. The summed E-state index contributed by atoms with van der Waals surface area (Å²) >= 11 is 0. The number of Topliss-reactive ketones (excluding diaryl/α,β-unsaturated/α-hetero) is 2. The summed E-state index contributed by atoms with van der Waals surface area (Å²) in [6.45, 7) is 15.7. The van der Waals surface area contributed by atoms with Gasteiger partial charge in [0.05, 0.1) is 0 Å². The van der Waals surface area contributed by atoms with Crippen LogP contribution in [0.5, 0.6) is 0 Å². The van der Waals surface area contributed by atoms with Gasteiger partial charge in [0.1, 0.15) is 23.4 Å². The van der Waals surface area contributed by atoms with Gasteiger partial charge in [-0.2, -0.15) is 0 Å². The molecule has 0 heterocycles. The standard InChI is InChI=1S/2C8H14O3.2C4H10O/c2*1-3-5-7(9)6(4-2)8(10)11;2*1-4(2)3-5/h2*6H,3-5H2,1-2H3,(H,10,11);2*4-5H,3H2,1-2H3. The van der Waals surface area contributed by atoms with Crippen molar-refractivity contribution in [2.75, 3.05) is 13.2 Å². The molecule has 0 rings (SSSR count). The number of hydrogen-bond acceptors (Lipinski definition) is 6. The van der Waals surface area contributed by atoms with Crippen molar-refractivity contribution in [3.05, 3.63) is 0 Å². The van der Waals surface area contributed by atoms with Gasteiger partial charge in [-0.15, -0.1) is 0 Å². The molecule has 0 aliphatic heterocycles. The number of aliphatic hydroxyl groups is 2. The van der Waals surface area contributed by atoms with Crippen LogP contribution < -0.4 is 0 Å². The normalized spacial score (nSPS) is 11.6. The SMILES string of the molecule is CC(C)CO.CC(C)CO.CCCC(=O)C(CC)C(=O)O.CCCC(=O)C(CC)C(=O)O. The van der Waals surface area contributed by atoms with Crippen LogP contribution in [0.2, 0.25) is 0 Å². The fourth-order valence-electron chi connectivity index (χ4n) is 1.92. The minimum Gasteiger partial charge on any atom is -0.481 e. The van der Waals surface area contributed by atoms with Gasteiger partial charge in [0.2, 0.25) is 0 Å². The van der Waals surface area contributed by atoms with Crippen molar-refractivity contribution in [3.8, 4) is 0 Å². The number of carbonyl (C=O) groups excluding carboxylic acids is 2. The molecule has 0 aliphatic rings. The quantitative estimate of drug-likeness (QED) is 0.314. The van der Waals surface area contributed by atoms with Gasteiger partial charge in [-0.1, -0.05) is 55.4 Å². The lowest BCUT2D eigenvalue weighted by atomic mass is 9.98. The lowest BCUT2D eigenvalue weighted by molar-refractivity contribution is -0.148. The molecule has 2 unspecified atom stereocenters. The largest absolute Gasteiger partial charge is 0.481 e. The molecule has 8 heteroatoms. The molecular weight excluding hydrogens is 416 g/mol. The molecule has 4 N–H and O–H groups in total. The summed E-state index contributed by atoms with van der Waals surface area (Å²) in [5, 5.41) is 33.4. The van der Waals surface area contributed by atoms with Crippen molar-refractivity contribution in [1.29, 1.82) is 0 Å². The molecule has 0 aromatic carbocycles. The average molecular weight is 465 g/mol. The molecule has 0 fully saturated rings. The Balaban J connectivity index is -0.000000175. The Bertz CT molecular complexity index is 442. The highest BCUT2D eigenvalue weighted by Gasteiger charge is 2.23. The van der Waals surface area contributed by atoms with Crippen molar-refractivity contribution in [2.45, 2.75) is 93.9 Å². The van der Waals surface area contributed by atoms with E-state index >= 15 is 0 Å². The van der Waals surface area contributed by atoms with Gasteiger partial charge in [0, 0.05) is 26.1 Å². The van der Waals surface area contributed by atoms with Gasteiger partial charge in [-0.25, -0.2) is 0 Å². The van der Waals surface area contributed by atoms with Crippen LogP contribution in [0.15, 0.2) is 0 Å². The molecule has 0 radical (unpaired) electrons. The first-order valence-electron chi connectivity index (χ1n) is 11.5. The second-order valence-corrected chi connectivity index (χ2v) is 8.18. The number of hydrogen-bond donors (Lipinski definition) is 4. The molecule has 192 valence electrons. The van der Waals surface area contributed by atoms with Gasteiger partial charge in [0.25, 0.3) is 0 Å². The zero-order valence-corrected chi connectivity index (χ0v) is 21.4. The minimum atomic E-state index is -0.994. The smallest absolute Gasteiger partial charge is 0.314 e. The Labute approximate surface area is 194 Å². The Morgan fingerprint density at radius 3 is 0.906 bits per heavy atom. The predicted octanol–water partition coefficient (Wildman–Crippen LogP) is 4.20. The van der Waals surface area contributed by atoms with Crippen LogP contribution in [-0.4, -0.2) is 57.1 Å². The zero-order chi connectivity index (χ0) is 26.3. The fourth-order valence-corrected chi connectivity index (χ4v) is 1.92. The topological polar surface area (TPSA) is 149 Å². The van der Waals surface area contributed by atoms with Crippen LogP contribution in [0.25, 0.3) is 0 Å². The summed E-state index contributed by atoms with van der Waals surface area (Å²) in [7, 11) is 0. The molecule has 2 atom stereocenters. The van der Waals surface area contributed by atoms with Crippen LogP contribution in [0.3, 0.4) is 0 Å². The summed E-state index contributed by atoms with van der Waals surface area (Å²) in [5.41, 5.74) is 0. The maximum atomic E-state index is 11.0. The third kappa shape index (κ3) is 26.2. The Hall–Kier alpha value is -1.80. The average Bonchev–Trinajstić information content (AvgIpc) is 2.70. The number of aliphatic carboxylic acids is 2. The van der Waals surface area contributed by atoms with Crippen LogP contribution in [0, 0.1) is 23.7 Å². The molecule has 0 aromatic rings. The highest BCUT2D eigenvalue weighted by molar-refractivity contribution is 5.98. The van der Waals surface area contributed by atoms with Gasteiger partial charge in [-0.05, 0) is 37.5 Å². The molecule has 8 nitrogen and oxygen atoms in total. The predicted molar refractivity (Wildman–Crippen MR) is 127 cm³/mol. The zero-order valence-electron chi connectivity index (χ0n) is 21.4. The van der Waals surface area contributed by atoms with E-state index in [1.54, 1.807) is 13.8 Å². The summed E-state index contributed by atoms with van der Waals surface area (Å²) in [6.07, 6.45) is 3.00. The van der Waals surface area contributed by atoms with Crippen molar-refractivity contribution in [2.24, 2.45) is 23.7 Å². The van der Waals surface area contributed by atoms with Gasteiger partial charge in [0.15, 0.2) is 0 Å². The number of carboxylic acid groups (broad SMARTS) is 2. The minimum absolute atomic E-state index is 0.150. The monoisotopic (exact) mass is 464 g/mol. The van der Waals surface area contributed by atoms with E-state index in [9.17, 15) is 19.2 Å². The van der Waals surface area contributed by atoms with E-state index in [0.717, 1.165) is 12.8 Å². The van der Waals surface area contributed by atoms with E-state index in [0.29, 0.717) is 50.7 Å². The van der Waals surface area contributed by atoms with Crippen molar-refractivity contribution in [1.82, 2.24) is 0 Å². The molecule has 0 saturated heterocycles. The molecule has 0 bridgehead atoms. The van der Waals surface area contributed by atoms with Crippen LogP contribution in [0.1, 0.15) is 93.9 Å². The first kappa shape index (κ1) is 37.5. The number of carbonyl (C=O) groups is 4. The van der Waals surface area contributed by atoms with E-state index in [1.165, 1.54) is 0 Å². The number of ketones is 2. The molecule has 0 amide bonds. The number of carboxylic acids is 2. The van der Waals surface area contributed by atoms with Crippen LogP contribution >= 0.6 is 0 Å². The molecule has 0 aromatic heterocycles. The van der Waals surface area contributed by atoms with Crippen molar-refractivity contribution >= 4 is 23.5 Å². The lowest BCUT2D eigenvalue weighted by Crippen LogP contribution is -2.22. The third-order valence-corrected chi connectivity index (χ3v) is 3.91. The van der Waals surface area contributed by atoms with E-state index < -0.39 is 23.8 Å². The highest BCUT2D eigenvalue weighted by Crippen LogP contribution is 2.08. The first-order chi connectivity index (χ1) is 14.8. The van der Waals surface area contributed by atoms with E-state index in [-0.39, 0.29) is 11.6 Å². The summed E-state index contributed by atoms with van der Waals surface area (Å²) < 4.78 is 0. The molecular formula is C24H48O8. The summed E-state index contributed by atoms with van der Waals surface area (Å²) in [4.78, 5) is 42.9. The second kappa shape index (κ2) is 25.5. The number of rotatable bonds is 12. The van der Waals surface area contributed by atoms with Crippen molar-refractivity contribution in [3.63, 3.8) is 0 Å². The van der Waals surface area contributed by atoms with Crippen LogP contribution in [-0.2, 0) is 19.2 Å². The molecule has 32 heavy (non-hydrogen) atoms. The van der Waals surface area contributed by atoms with Gasteiger partial charge < -0.3 is 20.4 Å². The van der Waals surface area contributed by atoms with E-state index in [2.05, 4.69) is 0 Å². The second-order valence-electron chi connectivity index (χ2n) is 8.18. The van der Waals surface area contributed by atoms with Gasteiger partial charge in [-0.3, -0.25) is 19.2 Å². The maximum Gasteiger partial charge on any atom is 0.314 e. The fraction of sp³-hybridized carbons (Fsp3) is 0.833. The maximum absolute atomic E-state index is 11.0. The Kier molecular flexibility index (Phi) is 29.8. The molecule has 0 saturated carbocycles.